The smallest absolute Gasteiger partial charge is 0.357 e. The van der Waals surface area contributed by atoms with Crippen LogP contribution in [0.1, 0.15) is 35.5 Å². The fourth-order valence-electron chi connectivity index (χ4n) is 2.73. The van der Waals surface area contributed by atoms with Crippen LogP contribution in [0.2, 0.25) is 0 Å². The number of fused-ring (bicyclic) bond motifs is 3. The van der Waals surface area contributed by atoms with Gasteiger partial charge in [0, 0.05) is 16.3 Å². The van der Waals surface area contributed by atoms with Gasteiger partial charge in [-0.05, 0) is 43.5 Å². The number of pyridine rings is 1. The molecule has 4 nitrogen and oxygen atoms in total. The van der Waals surface area contributed by atoms with Crippen molar-refractivity contribution in [2.45, 2.75) is 27.2 Å². The standard InChI is InChI=1S/C17H18N2O2/c1-4-11-6-7-13-12(8-11)15-10(3)16(17(20)21-5-2)18-9-14(15)19-13/h6-9,19H,4-5H2,1-3H3. The fraction of sp³-hybridized carbons (Fsp3) is 0.294. The van der Waals surface area contributed by atoms with Gasteiger partial charge >= 0.3 is 5.97 Å². The van der Waals surface area contributed by atoms with E-state index in [0.717, 1.165) is 33.8 Å². The fourth-order valence-corrected chi connectivity index (χ4v) is 2.73. The maximum Gasteiger partial charge on any atom is 0.357 e. The normalized spacial score (nSPS) is 11.2. The molecule has 0 spiro atoms. The molecule has 4 heteroatoms. The van der Waals surface area contributed by atoms with Crippen molar-refractivity contribution < 1.29 is 9.53 Å². The van der Waals surface area contributed by atoms with Crippen molar-refractivity contribution in [3.63, 3.8) is 0 Å². The minimum atomic E-state index is -0.363. The second-order valence-electron chi connectivity index (χ2n) is 5.10. The van der Waals surface area contributed by atoms with E-state index in [9.17, 15) is 4.79 Å². The van der Waals surface area contributed by atoms with Gasteiger partial charge in [-0.2, -0.15) is 0 Å². The molecular weight excluding hydrogens is 264 g/mol. The molecule has 3 rings (SSSR count). The molecule has 3 aromatic rings. The zero-order valence-corrected chi connectivity index (χ0v) is 12.5. The molecule has 1 aromatic carbocycles. The van der Waals surface area contributed by atoms with Gasteiger partial charge in [-0.1, -0.05) is 13.0 Å². The first kappa shape index (κ1) is 13.6. The van der Waals surface area contributed by atoms with E-state index in [4.69, 9.17) is 4.74 Å². The molecule has 0 unspecified atom stereocenters. The van der Waals surface area contributed by atoms with E-state index >= 15 is 0 Å². The molecule has 2 heterocycles. The summed E-state index contributed by atoms with van der Waals surface area (Å²) in [7, 11) is 0. The van der Waals surface area contributed by atoms with Crippen LogP contribution in [0.15, 0.2) is 24.4 Å². The molecule has 2 aromatic heterocycles. The third-order valence-corrected chi connectivity index (χ3v) is 3.82. The first-order valence-corrected chi connectivity index (χ1v) is 7.22. The zero-order chi connectivity index (χ0) is 15.0. The van der Waals surface area contributed by atoms with E-state index in [1.165, 1.54) is 5.56 Å². The second-order valence-corrected chi connectivity index (χ2v) is 5.10. The van der Waals surface area contributed by atoms with Crippen LogP contribution in [0.4, 0.5) is 0 Å². The molecule has 0 aliphatic heterocycles. The summed E-state index contributed by atoms with van der Waals surface area (Å²) in [6.07, 6.45) is 2.69. The Labute approximate surface area is 123 Å². The Morgan fingerprint density at radius 2 is 2.10 bits per heavy atom. The van der Waals surface area contributed by atoms with Gasteiger partial charge in [-0.3, -0.25) is 0 Å². The predicted octanol–water partition coefficient (Wildman–Crippen LogP) is 3.76. The molecule has 0 saturated heterocycles. The Morgan fingerprint density at radius 1 is 1.29 bits per heavy atom. The number of benzene rings is 1. The molecule has 21 heavy (non-hydrogen) atoms. The number of ether oxygens (including phenoxy) is 1. The number of hydrogen-bond acceptors (Lipinski definition) is 3. The molecule has 0 aliphatic rings. The number of esters is 1. The van der Waals surface area contributed by atoms with Crippen LogP contribution in [0.25, 0.3) is 21.8 Å². The quantitative estimate of drug-likeness (QED) is 0.744. The average molecular weight is 282 g/mol. The third kappa shape index (κ3) is 2.17. The van der Waals surface area contributed by atoms with Crippen LogP contribution in [-0.2, 0) is 11.2 Å². The Morgan fingerprint density at radius 3 is 2.81 bits per heavy atom. The van der Waals surface area contributed by atoms with Gasteiger partial charge in [0.25, 0.3) is 0 Å². The second kappa shape index (κ2) is 5.20. The number of H-pyrrole nitrogens is 1. The van der Waals surface area contributed by atoms with Crippen molar-refractivity contribution in [3.8, 4) is 0 Å². The van der Waals surface area contributed by atoms with E-state index in [0.29, 0.717) is 12.3 Å². The summed E-state index contributed by atoms with van der Waals surface area (Å²) < 4.78 is 5.08. The number of carbonyl (C=O) groups excluding carboxylic acids is 1. The van der Waals surface area contributed by atoms with Crippen molar-refractivity contribution in [2.24, 2.45) is 0 Å². The topological polar surface area (TPSA) is 55.0 Å². The van der Waals surface area contributed by atoms with Crippen LogP contribution in [0.3, 0.4) is 0 Å². The van der Waals surface area contributed by atoms with Gasteiger partial charge in [0.2, 0.25) is 0 Å². The van der Waals surface area contributed by atoms with E-state index in [1.54, 1.807) is 13.1 Å². The van der Waals surface area contributed by atoms with E-state index in [1.807, 2.05) is 6.92 Å². The van der Waals surface area contributed by atoms with Gasteiger partial charge in [0.1, 0.15) is 0 Å². The number of nitrogens with one attached hydrogen (secondary N) is 1. The summed E-state index contributed by atoms with van der Waals surface area (Å²) in [5.41, 5.74) is 4.55. The van der Waals surface area contributed by atoms with Crippen molar-refractivity contribution in [2.75, 3.05) is 6.61 Å². The maximum absolute atomic E-state index is 12.0. The first-order valence-electron chi connectivity index (χ1n) is 7.22. The highest BCUT2D eigenvalue weighted by Crippen LogP contribution is 2.30. The summed E-state index contributed by atoms with van der Waals surface area (Å²) in [4.78, 5) is 19.6. The minimum Gasteiger partial charge on any atom is -0.461 e. The largest absolute Gasteiger partial charge is 0.461 e. The van der Waals surface area contributed by atoms with Gasteiger partial charge in [0.15, 0.2) is 5.69 Å². The molecular formula is C17H18N2O2. The number of aromatic nitrogens is 2. The lowest BCUT2D eigenvalue weighted by Crippen LogP contribution is -2.09. The lowest BCUT2D eigenvalue weighted by atomic mass is 10.0. The van der Waals surface area contributed by atoms with Gasteiger partial charge < -0.3 is 9.72 Å². The Kier molecular flexibility index (Phi) is 3.37. The highest BCUT2D eigenvalue weighted by molar-refractivity contribution is 6.11. The lowest BCUT2D eigenvalue weighted by Gasteiger charge is -2.06. The number of hydrogen-bond donors (Lipinski definition) is 1. The van der Waals surface area contributed by atoms with E-state index < -0.39 is 0 Å². The van der Waals surface area contributed by atoms with Gasteiger partial charge in [0.05, 0.1) is 18.3 Å². The summed E-state index contributed by atoms with van der Waals surface area (Å²) in [5, 5.41) is 2.19. The summed E-state index contributed by atoms with van der Waals surface area (Å²) in [5.74, 6) is -0.363. The van der Waals surface area contributed by atoms with E-state index in [2.05, 4.69) is 35.1 Å². The SMILES string of the molecule is CCOC(=O)c1ncc2[nH]c3ccc(CC)cc3c2c1C. The minimum absolute atomic E-state index is 0.353. The molecule has 0 radical (unpaired) electrons. The highest BCUT2D eigenvalue weighted by Gasteiger charge is 2.17. The van der Waals surface area contributed by atoms with Gasteiger partial charge in [-0.25, -0.2) is 9.78 Å². The first-order chi connectivity index (χ1) is 10.2. The summed E-state index contributed by atoms with van der Waals surface area (Å²) >= 11 is 0. The van der Waals surface area contributed by atoms with Gasteiger partial charge in [-0.15, -0.1) is 0 Å². The van der Waals surface area contributed by atoms with Crippen molar-refractivity contribution in [1.82, 2.24) is 9.97 Å². The zero-order valence-electron chi connectivity index (χ0n) is 12.5. The summed E-state index contributed by atoms with van der Waals surface area (Å²) in [6.45, 7) is 6.21. The molecule has 0 atom stereocenters. The van der Waals surface area contributed by atoms with Crippen LogP contribution < -0.4 is 0 Å². The van der Waals surface area contributed by atoms with Crippen LogP contribution in [0.5, 0.6) is 0 Å². The number of carbonyl (C=O) groups is 1. The third-order valence-electron chi connectivity index (χ3n) is 3.82. The number of rotatable bonds is 3. The number of aromatic amines is 1. The van der Waals surface area contributed by atoms with Crippen LogP contribution >= 0.6 is 0 Å². The lowest BCUT2D eigenvalue weighted by molar-refractivity contribution is 0.0519. The van der Waals surface area contributed by atoms with Crippen LogP contribution in [0, 0.1) is 6.92 Å². The monoisotopic (exact) mass is 282 g/mol. The predicted molar refractivity (Wildman–Crippen MR) is 83.7 cm³/mol. The molecule has 0 saturated carbocycles. The number of aryl methyl sites for hydroxylation is 2. The molecule has 0 bridgehead atoms. The van der Waals surface area contributed by atoms with Crippen molar-refractivity contribution in [1.29, 1.82) is 0 Å². The Bertz CT molecular complexity index is 834. The van der Waals surface area contributed by atoms with E-state index in [-0.39, 0.29) is 5.97 Å². The maximum atomic E-state index is 12.0. The number of nitrogens with zero attached hydrogens (tertiary/aromatic N) is 1. The Hall–Kier alpha value is -2.36. The molecule has 108 valence electrons. The summed E-state index contributed by atoms with van der Waals surface area (Å²) in [6, 6.07) is 6.38. The highest BCUT2D eigenvalue weighted by atomic mass is 16.5. The Balaban J connectivity index is 2.30. The van der Waals surface area contributed by atoms with Crippen molar-refractivity contribution >= 4 is 27.8 Å². The van der Waals surface area contributed by atoms with Crippen LogP contribution in [-0.4, -0.2) is 22.5 Å². The average Bonchev–Trinajstić information content (AvgIpc) is 2.85. The molecule has 0 amide bonds. The molecule has 1 N–H and O–H groups in total. The molecule has 0 aliphatic carbocycles. The molecule has 0 fully saturated rings. The van der Waals surface area contributed by atoms with Crippen molar-refractivity contribution in [3.05, 3.63) is 41.2 Å².